The quantitative estimate of drug-likeness (QED) is 0.172. The van der Waals surface area contributed by atoms with Gasteiger partial charge in [0.1, 0.15) is 0 Å². The van der Waals surface area contributed by atoms with E-state index in [4.69, 9.17) is 10.2 Å². The maximum absolute atomic E-state index is 11.2. The summed E-state index contributed by atoms with van der Waals surface area (Å²) in [6.07, 6.45) is 16.3. The highest BCUT2D eigenvalue weighted by Gasteiger charge is 2.22. The van der Waals surface area contributed by atoms with Gasteiger partial charge in [0.05, 0.1) is 12.3 Å². The largest absolute Gasteiger partial charge is 0.481 e. The first kappa shape index (κ1) is 27.6. The topological polar surface area (TPSA) is 74.6 Å². The average molecular weight is 417 g/mol. The van der Waals surface area contributed by atoms with Crippen LogP contribution in [-0.4, -0.2) is 22.2 Å². The third-order valence-corrected chi connectivity index (χ3v) is 5.27. The lowest BCUT2D eigenvalue weighted by Crippen LogP contribution is -2.18. The van der Waals surface area contributed by atoms with Gasteiger partial charge >= 0.3 is 11.9 Å². The fourth-order valence-corrected chi connectivity index (χ4v) is 3.18. The van der Waals surface area contributed by atoms with Crippen molar-refractivity contribution in [2.75, 3.05) is 0 Å². The first-order chi connectivity index (χ1) is 14.2. The maximum Gasteiger partial charge on any atom is 0.311 e. The van der Waals surface area contributed by atoms with Gasteiger partial charge in [-0.2, -0.15) is 0 Å². The number of hydrogen-bond acceptors (Lipinski definition) is 2. The van der Waals surface area contributed by atoms with Crippen molar-refractivity contribution in [3.8, 4) is 0 Å². The maximum atomic E-state index is 11.2. The molecule has 4 nitrogen and oxygen atoms in total. The molecular weight excluding hydrogens is 376 g/mol. The highest BCUT2D eigenvalue weighted by Crippen LogP contribution is 2.23. The van der Waals surface area contributed by atoms with Crippen molar-refractivity contribution in [1.82, 2.24) is 0 Å². The molecule has 4 heteroatoms. The molecule has 0 spiro atoms. The highest BCUT2D eigenvalue weighted by molar-refractivity contribution is 5.81. The number of allylic oxidation sites excluding steroid dienone is 5. The van der Waals surface area contributed by atoms with Gasteiger partial charge < -0.3 is 10.2 Å². The van der Waals surface area contributed by atoms with Crippen molar-refractivity contribution in [2.24, 2.45) is 5.92 Å². The van der Waals surface area contributed by atoms with E-state index in [1.54, 1.807) is 6.08 Å². The summed E-state index contributed by atoms with van der Waals surface area (Å²) in [5.74, 6) is -3.54. The van der Waals surface area contributed by atoms with Crippen molar-refractivity contribution in [3.63, 3.8) is 0 Å². The van der Waals surface area contributed by atoms with Crippen molar-refractivity contribution >= 4 is 11.9 Å². The first-order valence-electron chi connectivity index (χ1n) is 11.1. The van der Waals surface area contributed by atoms with E-state index in [0.29, 0.717) is 5.57 Å². The number of aliphatic carboxylic acids is 2. The smallest absolute Gasteiger partial charge is 0.311 e. The molecule has 0 amide bonds. The minimum atomic E-state index is -1.21. The number of hydrogen-bond donors (Lipinski definition) is 2. The van der Waals surface area contributed by atoms with Crippen LogP contribution in [0.5, 0.6) is 0 Å². The van der Waals surface area contributed by atoms with E-state index in [-0.39, 0.29) is 5.57 Å². The molecule has 0 aliphatic heterocycles. The van der Waals surface area contributed by atoms with E-state index in [1.165, 1.54) is 63.9 Å². The number of carboxylic acid groups (broad SMARTS) is 2. The molecule has 1 unspecified atom stereocenters. The Morgan fingerprint density at radius 3 is 1.77 bits per heavy atom. The zero-order chi connectivity index (χ0) is 22.9. The zero-order valence-corrected chi connectivity index (χ0v) is 18.8. The van der Waals surface area contributed by atoms with Crippen LogP contribution in [0.15, 0.2) is 60.8 Å². The molecule has 0 aromatic rings. The Balaban J connectivity index is 4.20. The summed E-state index contributed by atoms with van der Waals surface area (Å²) in [6.45, 7) is 18.0. The standard InChI is InChI=1S/C26H40O4/c1-6-7-8-9-10-11-12-13-14-15-16-20(2)23(5)21(3)17-18-22(4)24(26(29)30)19-25(27)28/h17-18,24H,2-16,19H2,1H3,(H,27,28)(H,29,30). The molecule has 30 heavy (non-hydrogen) atoms. The summed E-state index contributed by atoms with van der Waals surface area (Å²) in [4.78, 5) is 22.0. The van der Waals surface area contributed by atoms with Crippen LogP contribution >= 0.6 is 0 Å². The number of unbranched alkanes of at least 4 members (excludes halogenated alkanes) is 9. The molecule has 2 N–H and O–H groups in total. The Kier molecular flexibility index (Phi) is 15.1. The Morgan fingerprint density at radius 2 is 1.30 bits per heavy atom. The monoisotopic (exact) mass is 416 g/mol. The fourth-order valence-electron chi connectivity index (χ4n) is 3.18. The van der Waals surface area contributed by atoms with Crippen LogP contribution in [0.4, 0.5) is 0 Å². The number of carboxylic acids is 2. The van der Waals surface area contributed by atoms with E-state index in [1.807, 2.05) is 0 Å². The van der Waals surface area contributed by atoms with Crippen molar-refractivity contribution in [3.05, 3.63) is 60.8 Å². The van der Waals surface area contributed by atoms with Crippen LogP contribution in [0, 0.1) is 5.92 Å². The van der Waals surface area contributed by atoms with Gasteiger partial charge in [-0.15, -0.1) is 0 Å². The Morgan fingerprint density at radius 1 is 0.800 bits per heavy atom. The molecule has 0 saturated heterocycles. The molecule has 168 valence electrons. The van der Waals surface area contributed by atoms with Gasteiger partial charge in [-0.05, 0) is 35.1 Å². The van der Waals surface area contributed by atoms with Gasteiger partial charge in [-0.1, -0.05) is 103 Å². The lowest BCUT2D eigenvalue weighted by molar-refractivity contribution is -0.146. The minimum absolute atomic E-state index is 0.221. The van der Waals surface area contributed by atoms with E-state index in [2.05, 4.69) is 33.2 Å². The van der Waals surface area contributed by atoms with Crippen LogP contribution in [0.3, 0.4) is 0 Å². The summed E-state index contributed by atoms with van der Waals surface area (Å²) < 4.78 is 0. The van der Waals surface area contributed by atoms with Crippen LogP contribution in [-0.2, 0) is 9.59 Å². The van der Waals surface area contributed by atoms with E-state index < -0.39 is 24.3 Å². The van der Waals surface area contributed by atoms with Crippen LogP contribution in [0.2, 0.25) is 0 Å². The Hall–Kier alpha value is -2.36. The second kappa shape index (κ2) is 16.4. The van der Waals surface area contributed by atoms with E-state index >= 15 is 0 Å². The van der Waals surface area contributed by atoms with Crippen LogP contribution in [0.25, 0.3) is 0 Å². The highest BCUT2D eigenvalue weighted by atomic mass is 16.4. The third kappa shape index (κ3) is 13.0. The molecule has 0 heterocycles. The van der Waals surface area contributed by atoms with Gasteiger partial charge in [-0.3, -0.25) is 9.59 Å². The predicted octanol–water partition coefficient (Wildman–Crippen LogP) is 7.25. The van der Waals surface area contributed by atoms with Crippen molar-refractivity contribution in [2.45, 2.75) is 84.0 Å². The molecule has 0 saturated carbocycles. The molecule has 0 aliphatic carbocycles. The normalized spacial score (nSPS) is 11.9. The molecule has 0 aliphatic rings. The lowest BCUT2D eigenvalue weighted by atomic mass is 9.93. The summed E-state index contributed by atoms with van der Waals surface area (Å²) in [6, 6.07) is 0. The summed E-state index contributed by atoms with van der Waals surface area (Å²) >= 11 is 0. The fraction of sp³-hybridized carbons (Fsp3) is 0.538. The molecule has 0 bridgehead atoms. The lowest BCUT2D eigenvalue weighted by Gasteiger charge is -2.12. The second-order valence-electron chi connectivity index (χ2n) is 7.94. The third-order valence-electron chi connectivity index (χ3n) is 5.27. The minimum Gasteiger partial charge on any atom is -0.481 e. The first-order valence-corrected chi connectivity index (χ1v) is 11.1. The van der Waals surface area contributed by atoms with Crippen molar-refractivity contribution < 1.29 is 19.8 Å². The molecule has 0 aromatic carbocycles. The average Bonchev–Trinajstić information content (AvgIpc) is 2.70. The summed E-state index contributed by atoms with van der Waals surface area (Å²) in [5, 5.41) is 18.0. The van der Waals surface area contributed by atoms with E-state index in [0.717, 1.165) is 24.0 Å². The van der Waals surface area contributed by atoms with Gasteiger partial charge in [0.25, 0.3) is 0 Å². The zero-order valence-electron chi connectivity index (χ0n) is 18.8. The number of rotatable bonds is 19. The summed E-state index contributed by atoms with van der Waals surface area (Å²) in [5.41, 5.74) is 2.52. The van der Waals surface area contributed by atoms with Gasteiger partial charge in [0, 0.05) is 0 Å². The number of carbonyl (C=O) groups is 2. The molecule has 0 rings (SSSR count). The predicted molar refractivity (Wildman–Crippen MR) is 126 cm³/mol. The molecule has 0 fully saturated rings. The summed E-state index contributed by atoms with van der Waals surface area (Å²) in [7, 11) is 0. The van der Waals surface area contributed by atoms with Gasteiger partial charge in [0.2, 0.25) is 0 Å². The molecule has 1 atom stereocenters. The van der Waals surface area contributed by atoms with Crippen LogP contribution in [0.1, 0.15) is 84.0 Å². The second-order valence-corrected chi connectivity index (χ2v) is 7.94. The van der Waals surface area contributed by atoms with Crippen LogP contribution < -0.4 is 0 Å². The van der Waals surface area contributed by atoms with Crippen molar-refractivity contribution in [1.29, 1.82) is 0 Å². The van der Waals surface area contributed by atoms with E-state index in [9.17, 15) is 9.59 Å². The molecule has 0 radical (unpaired) electrons. The van der Waals surface area contributed by atoms with Gasteiger partial charge in [0.15, 0.2) is 0 Å². The Labute approximate surface area is 182 Å². The Bertz CT molecular complexity index is 639. The molecular formula is C26H40O4. The SMILES string of the molecule is C=C(C=CC(=C)C(CC(=O)O)C(=O)O)C(=C)C(=C)CCCCCCCCCCCC. The van der Waals surface area contributed by atoms with Gasteiger partial charge in [-0.25, -0.2) is 0 Å². The molecule has 0 aromatic heterocycles.